The van der Waals surface area contributed by atoms with Crippen molar-refractivity contribution in [3.8, 4) is 11.8 Å². The molecule has 4 saturated heterocycles. The molecule has 2 N–H and O–H groups in total. The van der Waals surface area contributed by atoms with Gasteiger partial charge in [0.2, 0.25) is 11.8 Å². The SMILES string of the molecule is N#Cc1ccc(OC2CCC(NC(=O)c3ccc(N4CCC(CN5CC6CN(c7ccc8c(c7)C(=O)N(C7CCC(=O)NC7=O)C8=O)CC6C5)CC4)nn3)CC2)cc1Cl. The smallest absolute Gasteiger partial charge is 0.272 e. The van der Waals surface area contributed by atoms with Crippen LogP contribution in [-0.4, -0.2) is 114 Å². The molecule has 9 rings (SSSR count). The Labute approximate surface area is 347 Å². The predicted octanol–water partition coefficient (Wildman–Crippen LogP) is 3.81. The first-order valence-electron chi connectivity index (χ1n) is 20.7. The van der Waals surface area contributed by atoms with Crippen LogP contribution in [0.2, 0.25) is 5.02 Å². The van der Waals surface area contributed by atoms with E-state index in [0.717, 1.165) is 101 Å². The molecule has 3 aromatic rings. The highest BCUT2D eigenvalue weighted by Crippen LogP contribution is 2.38. The summed E-state index contributed by atoms with van der Waals surface area (Å²) in [6, 6.07) is 15.3. The van der Waals surface area contributed by atoms with E-state index in [0.29, 0.717) is 50.9 Å². The first-order chi connectivity index (χ1) is 28.6. The number of likely N-dealkylation sites (tertiary alicyclic amines) is 1. The number of nitrogens with one attached hydrogen (secondary N) is 2. The fourth-order valence-corrected chi connectivity index (χ4v) is 10.1. The number of aromatic nitrogens is 2. The number of nitrogens with zero attached hydrogens (tertiary/aromatic N) is 7. The number of hydrogen-bond acceptors (Lipinski definition) is 12. The maximum atomic E-state index is 13.4. The van der Waals surface area contributed by atoms with Crippen LogP contribution in [-0.2, 0) is 9.59 Å². The minimum atomic E-state index is -0.970. The van der Waals surface area contributed by atoms with Crippen LogP contribution in [0.5, 0.6) is 5.75 Å². The zero-order valence-corrected chi connectivity index (χ0v) is 33.4. The van der Waals surface area contributed by atoms with E-state index >= 15 is 0 Å². The van der Waals surface area contributed by atoms with Crippen molar-refractivity contribution in [2.45, 2.75) is 69.6 Å². The molecular weight excluding hydrogens is 774 g/mol. The van der Waals surface area contributed by atoms with Gasteiger partial charge in [0.05, 0.1) is 27.8 Å². The topological polar surface area (TPSA) is 181 Å². The molecule has 3 unspecified atom stereocenters. The quantitative estimate of drug-likeness (QED) is 0.299. The fourth-order valence-electron chi connectivity index (χ4n) is 9.87. The van der Waals surface area contributed by atoms with Crippen molar-refractivity contribution in [2.24, 2.45) is 17.8 Å². The number of anilines is 2. The third-order valence-corrected chi connectivity index (χ3v) is 13.4. The number of piperidine rings is 2. The van der Waals surface area contributed by atoms with Crippen molar-refractivity contribution in [1.29, 1.82) is 5.26 Å². The number of hydrogen-bond donors (Lipinski definition) is 2. The van der Waals surface area contributed by atoms with Crippen molar-refractivity contribution >= 4 is 52.6 Å². The second-order valence-corrected chi connectivity index (χ2v) is 17.3. The molecule has 5 aliphatic heterocycles. The normalized spacial score (nSPS) is 26.1. The number of rotatable bonds is 9. The number of ether oxygens (including phenoxy) is 1. The van der Waals surface area contributed by atoms with Gasteiger partial charge in [-0.3, -0.25) is 34.2 Å². The third-order valence-electron chi connectivity index (χ3n) is 13.1. The summed E-state index contributed by atoms with van der Waals surface area (Å²) in [7, 11) is 0. The van der Waals surface area contributed by atoms with Gasteiger partial charge in [0.25, 0.3) is 17.7 Å². The predicted molar refractivity (Wildman–Crippen MR) is 216 cm³/mol. The lowest BCUT2D eigenvalue weighted by Crippen LogP contribution is -2.54. The molecule has 306 valence electrons. The Morgan fingerprint density at radius 1 is 0.847 bits per heavy atom. The maximum absolute atomic E-state index is 13.4. The number of carbonyl (C=O) groups is 5. The highest BCUT2D eigenvalue weighted by atomic mass is 35.5. The summed E-state index contributed by atoms with van der Waals surface area (Å²) < 4.78 is 6.08. The second-order valence-electron chi connectivity index (χ2n) is 16.8. The molecule has 5 amide bonds. The molecule has 5 fully saturated rings. The lowest BCUT2D eigenvalue weighted by molar-refractivity contribution is -0.136. The highest BCUT2D eigenvalue weighted by molar-refractivity contribution is 6.31. The lowest BCUT2D eigenvalue weighted by atomic mass is 9.93. The van der Waals surface area contributed by atoms with Gasteiger partial charge in [-0.1, -0.05) is 11.6 Å². The first kappa shape index (κ1) is 38.9. The number of amides is 5. The summed E-state index contributed by atoms with van der Waals surface area (Å²) in [5, 5.41) is 23.6. The minimum absolute atomic E-state index is 0.0220. The molecule has 0 bridgehead atoms. The van der Waals surface area contributed by atoms with Crippen LogP contribution in [0, 0.1) is 29.1 Å². The van der Waals surface area contributed by atoms with E-state index in [1.165, 1.54) is 0 Å². The van der Waals surface area contributed by atoms with Gasteiger partial charge in [-0.25, -0.2) is 0 Å². The molecule has 0 radical (unpaired) electrons. The number of halogens is 1. The average molecular weight is 820 g/mol. The van der Waals surface area contributed by atoms with Crippen LogP contribution in [0.25, 0.3) is 0 Å². The van der Waals surface area contributed by atoms with Crippen molar-refractivity contribution in [2.75, 3.05) is 55.6 Å². The van der Waals surface area contributed by atoms with Gasteiger partial charge in [-0.2, -0.15) is 5.26 Å². The van der Waals surface area contributed by atoms with Crippen LogP contribution in [0.4, 0.5) is 11.5 Å². The second kappa shape index (κ2) is 16.2. The van der Waals surface area contributed by atoms with E-state index in [4.69, 9.17) is 21.6 Å². The Kier molecular flexibility index (Phi) is 10.7. The van der Waals surface area contributed by atoms with E-state index < -0.39 is 23.8 Å². The van der Waals surface area contributed by atoms with Crippen LogP contribution in [0.1, 0.15) is 88.1 Å². The zero-order chi connectivity index (χ0) is 40.8. The molecule has 59 heavy (non-hydrogen) atoms. The van der Waals surface area contributed by atoms with Gasteiger partial charge in [0, 0.05) is 70.0 Å². The maximum Gasteiger partial charge on any atom is 0.272 e. The number of fused-ring (bicyclic) bond motifs is 2. The molecule has 6 aliphatic rings. The van der Waals surface area contributed by atoms with Gasteiger partial charge in [0.1, 0.15) is 17.9 Å². The summed E-state index contributed by atoms with van der Waals surface area (Å²) >= 11 is 6.15. The monoisotopic (exact) mass is 819 g/mol. The van der Waals surface area contributed by atoms with Crippen LogP contribution < -0.4 is 25.2 Å². The summed E-state index contributed by atoms with van der Waals surface area (Å²) in [4.78, 5) is 71.8. The highest BCUT2D eigenvalue weighted by Gasteiger charge is 2.46. The number of nitriles is 1. The standard InChI is InChI=1S/C43H46ClN9O6/c44-35-18-32(5-1-26(35)19-45)59-31-6-2-29(3-7-31)46-40(55)36-9-11-38(49-48-36)51-15-13-25(14-16-51)20-50-21-27-23-52(24-28(27)22-50)30-4-8-33-34(17-30)43(58)53(42(33)57)37-10-12-39(54)47-41(37)56/h1,4-5,8-9,11,17-18,25,27-29,31,37H,2-3,6-7,10,12-16,20-24H2,(H,46,55)(H,47,54,56). The van der Waals surface area contributed by atoms with Crippen LogP contribution in [0.3, 0.4) is 0 Å². The Morgan fingerprint density at radius 2 is 1.59 bits per heavy atom. The molecule has 1 aliphatic carbocycles. The van der Waals surface area contributed by atoms with E-state index in [-0.39, 0.29) is 36.8 Å². The molecule has 1 aromatic heterocycles. The van der Waals surface area contributed by atoms with Gasteiger partial charge in [-0.05, 0) is 105 Å². The summed E-state index contributed by atoms with van der Waals surface area (Å²) in [6.45, 7) is 6.68. The zero-order valence-electron chi connectivity index (χ0n) is 32.6. The Bertz CT molecular complexity index is 2200. The summed E-state index contributed by atoms with van der Waals surface area (Å²) in [6.07, 6.45) is 5.54. The van der Waals surface area contributed by atoms with E-state index in [9.17, 15) is 24.0 Å². The Balaban J connectivity index is 0.699. The van der Waals surface area contributed by atoms with Crippen LogP contribution in [0.15, 0.2) is 48.5 Å². The molecule has 16 heteroatoms. The molecular formula is C43H46ClN9O6. The Morgan fingerprint density at radius 3 is 2.27 bits per heavy atom. The molecule has 0 spiro atoms. The van der Waals surface area contributed by atoms with E-state index in [1.54, 1.807) is 36.4 Å². The number of imide groups is 2. The average Bonchev–Trinajstić information content (AvgIpc) is 3.88. The first-order valence-corrected chi connectivity index (χ1v) is 21.1. The lowest BCUT2D eigenvalue weighted by Gasteiger charge is -2.34. The van der Waals surface area contributed by atoms with E-state index in [1.807, 2.05) is 12.1 Å². The fraction of sp³-hybridized carbons (Fsp3) is 0.488. The van der Waals surface area contributed by atoms with Crippen molar-refractivity contribution in [1.82, 2.24) is 30.6 Å². The van der Waals surface area contributed by atoms with E-state index in [2.05, 4.69) is 41.6 Å². The summed E-state index contributed by atoms with van der Waals surface area (Å²) in [5.74, 6) is 0.899. The van der Waals surface area contributed by atoms with Crippen LogP contribution >= 0.6 is 11.6 Å². The van der Waals surface area contributed by atoms with Crippen molar-refractivity contribution in [3.05, 3.63) is 75.9 Å². The molecule has 1 saturated carbocycles. The molecule has 15 nitrogen and oxygen atoms in total. The molecule has 3 atom stereocenters. The third kappa shape index (κ3) is 7.95. The number of benzene rings is 2. The minimum Gasteiger partial charge on any atom is -0.490 e. The van der Waals surface area contributed by atoms with Gasteiger partial charge in [-0.15, -0.1) is 10.2 Å². The van der Waals surface area contributed by atoms with Crippen molar-refractivity contribution in [3.63, 3.8) is 0 Å². The Hall–Kier alpha value is -5.59. The van der Waals surface area contributed by atoms with Gasteiger partial charge < -0.3 is 24.8 Å². The largest absolute Gasteiger partial charge is 0.490 e. The van der Waals surface area contributed by atoms with Gasteiger partial charge in [0.15, 0.2) is 11.5 Å². The van der Waals surface area contributed by atoms with Gasteiger partial charge >= 0.3 is 0 Å². The molecule has 6 heterocycles. The molecule has 2 aromatic carbocycles. The number of carbonyl (C=O) groups excluding carboxylic acids is 5. The summed E-state index contributed by atoms with van der Waals surface area (Å²) in [5.41, 5.74) is 2.26. The van der Waals surface area contributed by atoms with Crippen molar-refractivity contribution < 1.29 is 28.7 Å².